The van der Waals surface area contributed by atoms with E-state index in [1.54, 1.807) is 6.92 Å². The van der Waals surface area contributed by atoms with Gasteiger partial charge in [-0.15, -0.1) is 0 Å². The van der Waals surface area contributed by atoms with Gasteiger partial charge in [-0.05, 0) is 5.92 Å². The number of H-pyrrole nitrogens is 1. The zero-order valence-electron chi connectivity index (χ0n) is 7.36. The summed E-state index contributed by atoms with van der Waals surface area (Å²) in [6, 6.07) is 2.39. The second-order valence-electron chi connectivity index (χ2n) is 3.05. The number of nitrogens with zero attached hydrogens (tertiary/aromatic N) is 1. The summed E-state index contributed by atoms with van der Waals surface area (Å²) in [5.74, 6) is -0.0456. The molecule has 1 aromatic heterocycles. The quantitative estimate of drug-likeness (QED) is 0.643. The van der Waals surface area contributed by atoms with Crippen LogP contribution in [0.3, 0.4) is 0 Å². The van der Waals surface area contributed by atoms with Crippen LogP contribution >= 0.6 is 0 Å². The average molecular weight is 184 g/mol. The van der Waals surface area contributed by atoms with Crippen LogP contribution in [0.15, 0.2) is 21.7 Å². The van der Waals surface area contributed by atoms with Gasteiger partial charge in [-0.25, -0.2) is 4.68 Å². The highest BCUT2D eigenvalue weighted by molar-refractivity contribution is 4.85. The van der Waals surface area contributed by atoms with Gasteiger partial charge in [0.15, 0.2) is 0 Å². The highest BCUT2D eigenvalue weighted by atomic mass is 16.3. The van der Waals surface area contributed by atoms with Crippen molar-refractivity contribution in [3.8, 4) is 0 Å². The minimum absolute atomic E-state index is 0.0106. The van der Waals surface area contributed by atoms with Gasteiger partial charge >= 0.3 is 0 Å². The van der Waals surface area contributed by atoms with Gasteiger partial charge in [0.05, 0.1) is 0 Å². The topological polar surface area (TPSA) is 75.1 Å². The Labute approximate surface area is 74.6 Å². The molecule has 2 N–H and O–H groups in total. The fourth-order valence-corrected chi connectivity index (χ4v) is 0.967. The fraction of sp³-hybridized carbons (Fsp3) is 0.500. The molecular weight excluding hydrogens is 172 g/mol. The molecule has 0 aromatic carbocycles. The summed E-state index contributed by atoms with van der Waals surface area (Å²) in [6.07, 6.45) is 0. The number of rotatable bonds is 3. The third-order valence-corrected chi connectivity index (χ3v) is 1.69. The third kappa shape index (κ3) is 2.55. The zero-order chi connectivity index (χ0) is 9.84. The largest absolute Gasteiger partial charge is 0.396 e. The van der Waals surface area contributed by atoms with Crippen LogP contribution in [0.5, 0.6) is 0 Å². The Balaban J connectivity index is 2.94. The molecule has 0 aliphatic rings. The van der Waals surface area contributed by atoms with Gasteiger partial charge in [0.2, 0.25) is 0 Å². The molecule has 1 unspecified atom stereocenters. The summed E-state index contributed by atoms with van der Waals surface area (Å²) in [7, 11) is 0. The molecule has 13 heavy (non-hydrogen) atoms. The molecule has 0 aliphatic heterocycles. The van der Waals surface area contributed by atoms with Crippen molar-refractivity contribution in [2.75, 3.05) is 6.61 Å². The molecule has 1 atom stereocenters. The van der Waals surface area contributed by atoms with Crippen molar-refractivity contribution in [1.29, 1.82) is 0 Å². The summed E-state index contributed by atoms with van der Waals surface area (Å²) >= 11 is 0. The van der Waals surface area contributed by atoms with Crippen LogP contribution in [-0.2, 0) is 6.54 Å². The summed E-state index contributed by atoms with van der Waals surface area (Å²) in [5, 5.41) is 11.1. The van der Waals surface area contributed by atoms with Crippen LogP contribution in [0, 0.1) is 5.92 Å². The monoisotopic (exact) mass is 184 g/mol. The van der Waals surface area contributed by atoms with E-state index in [1.807, 2.05) is 0 Å². The van der Waals surface area contributed by atoms with Gasteiger partial charge in [-0.2, -0.15) is 0 Å². The zero-order valence-corrected chi connectivity index (χ0v) is 7.36. The van der Waals surface area contributed by atoms with Crippen LogP contribution in [0.1, 0.15) is 6.92 Å². The first-order chi connectivity index (χ1) is 6.13. The molecule has 0 bridgehead atoms. The molecule has 1 aromatic rings. The lowest BCUT2D eigenvalue weighted by Gasteiger charge is -2.08. The molecule has 0 fully saturated rings. The molecule has 1 rings (SSSR count). The van der Waals surface area contributed by atoms with E-state index in [-0.39, 0.29) is 23.6 Å². The Morgan fingerprint density at radius 1 is 1.54 bits per heavy atom. The van der Waals surface area contributed by atoms with E-state index in [1.165, 1.54) is 16.8 Å². The van der Waals surface area contributed by atoms with Crippen molar-refractivity contribution < 1.29 is 5.11 Å². The number of aromatic nitrogens is 2. The highest BCUT2D eigenvalue weighted by Crippen LogP contribution is 1.93. The van der Waals surface area contributed by atoms with Gasteiger partial charge in [0.25, 0.3) is 11.1 Å². The normalized spacial score (nSPS) is 12.8. The molecule has 0 radical (unpaired) electrons. The molecule has 0 saturated heterocycles. The molecule has 72 valence electrons. The Kier molecular flexibility index (Phi) is 3.02. The lowest BCUT2D eigenvalue weighted by Crippen LogP contribution is -2.30. The number of aromatic amines is 1. The van der Waals surface area contributed by atoms with E-state index >= 15 is 0 Å². The summed E-state index contributed by atoms with van der Waals surface area (Å²) in [5.41, 5.74) is -0.579. The van der Waals surface area contributed by atoms with Gasteiger partial charge in [0.1, 0.15) is 0 Å². The molecule has 5 heteroatoms. The molecule has 0 spiro atoms. The Bertz CT molecular complexity index is 379. The van der Waals surface area contributed by atoms with Crippen molar-refractivity contribution in [2.45, 2.75) is 13.5 Å². The van der Waals surface area contributed by atoms with E-state index in [9.17, 15) is 9.59 Å². The van der Waals surface area contributed by atoms with E-state index in [2.05, 4.69) is 5.10 Å². The van der Waals surface area contributed by atoms with Gasteiger partial charge in [-0.3, -0.25) is 14.7 Å². The predicted molar refractivity (Wildman–Crippen MR) is 47.6 cm³/mol. The predicted octanol–water partition coefficient (Wildman–Crippen LogP) is -0.835. The van der Waals surface area contributed by atoms with Gasteiger partial charge < -0.3 is 5.11 Å². The number of aliphatic hydroxyl groups is 1. The lowest BCUT2D eigenvalue weighted by atomic mass is 10.2. The summed E-state index contributed by atoms with van der Waals surface area (Å²) in [4.78, 5) is 22.0. The second-order valence-corrected chi connectivity index (χ2v) is 3.05. The van der Waals surface area contributed by atoms with Gasteiger partial charge in [-0.1, -0.05) is 6.92 Å². The van der Waals surface area contributed by atoms with Crippen LogP contribution in [-0.4, -0.2) is 21.5 Å². The number of nitrogens with one attached hydrogen (secondary N) is 1. The van der Waals surface area contributed by atoms with E-state index < -0.39 is 0 Å². The highest BCUT2D eigenvalue weighted by Gasteiger charge is 2.02. The Hall–Kier alpha value is -1.36. The van der Waals surface area contributed by atoms with E-state index in [0.717, 1.165) is 0 Å². The van der Waals surface area contributed by atoms with Crippen LogP contribution in [0.2, 0.25) is 0 Å². The summed E-state index contributed by atoms with van der Waals surface area (Å²) < 4.78 is 1.20. The first-order valence-electron chi connectivity index (χ1n) is 4.04. The first kappa shape index (κ1) is 9.73. The van der Waals surface area contributed by atoms with Crippen molar-refractivity contribution >= 4 is 0 Å². The fourth-order valence-electron chi connectivity index (χ4n) is 0.967. The SMILES string of the molecule is CC(CO)Cn1[nH]c(=O)ccc1=O. The third-order valence-electron chi connectivity index (χ3n) is 1.69. The molecular formula is C8H12N2O3. The van der Waals surface area contributed by atoms with Crippen LogP contribution in [0.25, 0.3) is 0 Å². The maximum atomic E-state index is 11.1. The first-order valence-corrected chi connectivity index (χ1v) is 4.04. The molecule has 0 aliphatic carbocycles. The minimum atomic E-state index is -0.315. The van der Waals surface area contributed by atoms with E-state index in [4.69, 9.17) is 5.11 Å². The molecule has 0 amide bonds. The summed E-state index contributed by atoms with van der Waals surface area (Å²) in [6.45, 7) is 2.10. The molecule has 0 saturated carbocycles. The number of hydrogen-bond acceptors (Lipinski definition) is 3. The maximum Gasteiger partial charge on any atom is 0.265 e. The average Bonchev–Trinajstić information content (AvgIpc) is 2.11. The number of hydrogen-bond donors (Lipinski definition) is 2. The van der Waals surface area contributed by atoms with Crippen molar-refractivity contribution in [3.05, 3.63) is 32.8 Å². The van der Waals surface area contributed by atoms with Crippen LogP contribution < -0.4 is 11.1 Å². The van der Waals surface area contributed by atoms with Gasteiger partial charge in [0, 0.05) is 25.3 Å². The van der Waals surface area contributed by atoms with Crippen molar-refractivity contribution in [3.63, 3.8) is 0 Å². The molecule has 1 heterocycles. The van der Waals surface area contributed by atoms with Crippen molar-refractivity contribution in [2.24, 2.45) is 5.92 Å². The number of aliphatic hydroxyl groups excluding tert-OH is 1. The maximum absolute atomic E-state index is 11.1. The minimum Gasteiger partial charge on any atom is -0.396 e. The molecule has 5 nitrogen and oxygen atoms in total. The van der Waals surface area contributed by atoms with Crippen LogP contribution in [0.4, 0.5) is 0 Å². The smallest absolute Gasteiger partial charge is 0.265 e. The Morgan fingerprint density at radius 2 is 2.23 bits per heavy atom. The Morgan fingerprint density at radius 3 is 2.85 bits per heavy atom. The second kappa shape index (κ2) is 4.04. The van der Waals surface area contributed by atoms with Crippen molar-refractivity contribution in [1.82, 2.24) is 9.78 Å². The standard InChI is InChI=1S/C8H12N2O3/c1-6(5-11)4-10-8(13)3-2-7(12)9-10/h2-3,6,11H,4-5H2,1H3,(H,9,12). The lowest BCUT2D eigenvalue weighted by molar-refractivity contribution is 0.217. The van der Waals surface area contributed by atoms with E-state index in [0.29, 0.717) is 6.54 Å².